The van der Waals surface area contributed by atoms with Gasteiger partial charge in [0, 0.05) is 6.04 Å². The van der Waals surface area contributed by atoms with Crippen LogP contribution in [-0.4, -0.2) is 13.1 Å². The van der Waals surface area contributed by atoms with Crippen molar-refractivity contribution >= 4 is 15.9 Å². The molecule has 1 atom stereocenters. The summed E-state index contributed by atoms with van der Waals surface area (Å²) < 4.78 is 14.0. The summed E-state index contributed by atoms with van der Waals surface area (Å²) >= 11 is 3.32. The Kier molecular flexibility index (Phi) is 3.36. The minimum Gasteiger partial charge on any atom is -0.316 e. The molecule has 1 nitrogen and oxygen atoms in total. The van der Waals surface area contributed by atoms with Gasteiger partial charge in [-0.2, -0.15) is 0 Å². The Morgan fingerprint density at radius 3 is 2.75 bits per heavy atom. The van der Waals surface area contributed by atoms with Crippen LogP contribution in [0.5, 0.6) is 0 Å². The van der Waals surface area contributed by atoms with E-state index < -0.39 is 0 Å². The van der Waals surface area contributed by atoms with Crippen molar-refractivity contribution in [1.82, 2.24) is 5.32 Å². The number of hydrogen-bond donors (Lipinski definition) is 1. The van der Waals surface area contributed by atoms with Crippen molar-refractivity contribution < 1.29 is 4.39 Å². The molecule has 16 heavy (non-hydrogen) atoms. The molecule has 0 bridgehead atoms. The number of hydrogen-bond acceptors (Lipinski definition) is 1. The van der Waals surface area contributed by atoms with E-state index in [0.717, 1.165) is 12.0 Å². The van der Waals surface area contributed by atoms with Gasteiger partial charge in [0.2, 0.25) is 0 Å². The molecule has 1 aromatic rings. The Morgan fingerprint density at radius 1 is 1.50 bits per heavy atom. The minimum absolute atomic E-state index is 0.173. The van der Waals surface area contributed by atoms with Crippen molar-refractivity contribution in [2.45, 2.75) is 32.2 Å². The smallest absolute Gasteiger partial charge is 0.137 e. The van der Waals surface area contributed by atoms with Crippen LogP contribution in [0.3, 0.4) is 0 Å². The standard InChI is InChI=1S/C13H17BrFN/c1-13(6-7-13)11(16-2)8-9-4-3-5-10(15)12(9)14/h3-5,11,16H,6-8H2,1-2H3. The summed E-state index contributed by atoms with van der Waals surface area (Å²) in [7, 11) is 1.99. The first kappa shape index (κ1) is 12.1. The Morgan fingerprint density at radius 2 is 2.19 bits per heavy atom. The minimum atomic E-state index is -0.173. The second kappa shape index (κ2) is 4.46. The number of benzene rings is 1. The summed E-state index contributed by atoms with van der Waals surface area (Å²) in [6.45, 7) is 2.29. The quantitative estimate of drug-likeness (QED) is 0.893. The second-order valence-corrected chi connectivity index (χ2v) is 5.71. The summed E-state index contributed by atoms with van der Waals surface area (Å²) in [6.07, 6.45) is 3.42. The number of rotatable bonds is 4. The van der Waals surface area contributed by atoms with Crippen molar-refractivity contribution in [3.8, 4) is 0 Å². The van der Waals surface area contributed by atoms with Gasteiger partial charge in [0.15, 0.2) is 0 Å². The van der Waals surface area contributed by atoms with Crippen LogP contribution < -0.4 is 5.32 Å². The highest BCUT2D eigenvalue weighted by Gasteiger charge is 2.44. The molecule has 1 fully saturated rings. The van der Waals surface area contributed by atoms with Crippen LogP contribution in [-0.2, 0) is 6.42 Å². The lowest BCUT2D eigenvalue weighted by molar-refractivity contribution is 0.375. The van der Waals surface area contributed by atoms with Gasteiger partial charge in [-0.05, 0) is 59.3 Å². The molecular formula is C13H17BrFN. The third kappa shape index (κ3) is 2.30. The summed E-state index contributed by atoms with van der Waals surface area (Å²) in [6, 6.07) is 5.69. The Labute approximate surface area is 105 Å². The van der Waals surface area contributed by atoms with Gasteiger partial charge >= 0.3 is 0 Å². The van der Waals surface area contributed by atoms with E-state index in [4.69, 9.17) is 0 Å². The molecule has 0 aromatic heterocycles. The molecule has 0 radical (unpaired) electrons. The highest BCUT2D eigenvalue weighted by molar-refractivity contribution is 9.10. The number of nitrogens with one attached hydrogen (secondary N) is 1. The van der Waals surface area contributed by atoms with E-state index in [1.165, 1.54) is 18.9 Å². The van der Waals surface area contributed by atoms with Gasteiger partial charge in [0.25, 0.3) is 0 Å². The van der Waals surface area contributed by atoms with Crippen molar-refractivity contribution in [3.05, 3.63) is 34.1 Å². The normalized spacial score (nSPS) is 19.5. The molecule has 2 rings (SSSR count). The van der Waals surface area contributed by atoms with Gasteiger partial charge < -0.3 is 5.32 Å². The first-order valence-electron chi connectivity index (χ1n) is 5.67. The molecule has 88 valence electrons. The third-order valence-corrected chi connectivity index (χ3v) is 4.57. The van der Waals surface area contributed by atoms with Crippen molar-refractivity contribution in [2.75, 3.05) is 7.05 Å². The van der Waals surface area contributed by atoms with Crippen molar-refractivity contribution in [2.24, 2.45) is 5.41 Å². The largest absolute Gasteiger partial charge is 0.316 e. The van der Waals surface area contributed by atoms with Gasteiger partial charge in [-0.15, -0.1) is 0 Å². The zero-order chi connectivity index (χ0) is 11.8. The van der Waals surface area contributed by atoms with Gasteiger partial charge in [-0.1, -0.05) is 19.1 Å². The van der Waals surface area contributed by atoms with E-state index in [9.17, 15) is 4.39 Å². The number of likely N-dealkylation sites (N-methyl/N-ethyl adjacent to an activating group) is 1. The third-order valence-electron chi connectivity index (χ3n) is 3.68. The Balaban J connectivity index is 2.16. The maximum absolute atomic E-state index is 13.4. The average molecular weight is 286 g/mol. The lowest BCUT2D eigenvalue weighted by Crippen LogP contribution is -2.35. The van der Waals surface area contributed by atoms with E-state index in [-0.39, 0.29) is 5.82 Å². The van der Waals surface area contributed by atoms with E-state index in [2.05, 4.69) is 28.2 Å². The number of halogens is 2. The highest BCUT2D eigenvalue weighted by atomic mass is 79.9. The van der Waals surface area contributed by atoms with Crippen LogP contribution in [0.15, 0.2) is 22.7 Å². The summed E-state index contributed by atoms with van der Waals surface area (Å²) in [5.41, 5.74) is 1.45. The highest BCUT2D eigenvalue weighted by Crippen LogP contribution is 2.49. The molecule has 1 aromatic carbocycles. The zero-order valence-corrected chi connectivity index (χ0v) is 11.3. The molecule has 0 saturated heterocycles. The van der Waals surface area contributed by atoms with E-state index >= 15 is 0 Å². The predicted molar refractivity (Wildman–Crippen MR) is 68.0 cm³/mol. The topological polar surface area (TPSA) is 12.0 Å². The molecule has 1 N–H and O–H groups in total. The maximum atomic E-state index is 13.4. The summed E-state index contributed by atoms with van der Waals surface area (Å²) in [5.74, 6) is -0.173. The molecule has 0 spiro atoms. The molecule has 1 unspecified atom stereocenters. The fourth-order valence-electron chi connectivity index (χ4n) is 2.17. The molecule has 0 amide bonds. The first-order chi connectivity index (χ1) is 7.57. The fourth-order valence-corrected chi connectivity index (χ4v) is 2.59. The maximum Gasteiger partial charge on any atom is 0.137 e. The van der Waals surface area contributed by atoms with Crippen LogP contribution in [0.1, 0.15) is 25.3 Å². The molecule has 0 aliphatic heterocycles. The van der Waals surface area contributed by atoms with E-state index in [1.54, 1.807) is 6.07 Å². The Bertz CT molecular complexity index is 388. The van der Waals surface area contributed by atoms with E-state index in [0.29, 0.717) is 15.9 Å². The van der Waals surface area contributed by atoms with Gasteiger partial charge in [0.05, 0.1) is 4.47 Å². The summed E-state index contributed by atoms with van der Waals surface area (Å²) in [5, 5.41) is 3.36. The second-order valence-electron chi connectivity index (χ2n) is 4.91. The molecule has 1 aliphatic carbocycles. The predicted octanol–water partition coefficient (Wildman–Crippen LogP) is 3.52. The molecule has 3 heteroatoms. The van der Waals surface area contributed by atoms with Gasteiger partial charge in [-0.3, -0.25) is 0 Å². The van der Waals surface area contributed by atoms with Crippen molar-refractivity contribution in [1.29, 1.82) is 0 Å². The van der Waals surface area contributed by atoms with Crippen molar-refractivity contribution in [3.63, 3.8) is 0 Å². The van der Waals surface area contributed by atoms with Crippen LogP contribution in [0.4, 0.5) is 4.39 Å². The SMILES string of the molecule is CNC(Cc1cccc(F)c1Br)C1(C)CC1. The molecule has 1 saturated carbocycles. The van der Waals surface area contributed by atoms with Gasteiger partial charge in [-0.25, -0.2) is 4.39 Å². The monoisotopic (exact) mass is 285 g/mol. The Hall–Kier alpha value is -0.410. The summed E-state index contributed by atoms with van der Waals surface area (Å²) in [4.78, 5) is 0. The molecule has 0 heterocycles. The van der Waals surface area contributed by atoms with Crippen LogP contribution >= 0.6 is 15.9 Å². The molecule has 1 aliphatic rings. The molecular weight excluding hydrogens is 269 g/mol. The fraction of sp³-hybridized carbons (Fsp3) is 0.538. The van der Waals surface area contributed by atoms with Gasteiger partial charge in [0.1, 0.15) is 5.82 Å². The lowest BCUT2D eigenvalue weighted by atomic mass is 9.92. The van der Waals surface area contributed by atoms with Crippen LogP contribution in [0.25, 0.3) is 0 Å². The van der Waals surface area contributed by atoms with Crippen LogP contribution in [0.2, 0.25) is 0 Å². The van der Waals surface area contributed by atoms with Crippen LogP contribution in [0, 0.1) is 11.2 Å². The average Bonchev–Trinajstić information content (AvgIpc) is 3.00. The first-order valence-corrected chi connectivity index (χ1v) is 6.46. The zero-order valence-electron chi connectivity index (χ0n) is 9.69. The van der Waals surface area contributed by atoms with E-state index in [1.807, 2.05) is 13.1 Å². The lowest BCUT2D eigenvalue weighted by Gasteiger charge is -2.23.